The van der Waals surface area contributed by atoms with Crippen LogP contribution in [0.5, 0.6) is 0 Å². The number of rotatable bonds is 2. The molecule has 2 heterocycles. The van der Waals surface area contributed by atoms with Crippen LogP contribution in [0.4, 0.5) is 0 Å². The summed E-state index contributed by atoms with van der Waals surface area (Å²) in [5.41, 5.74) is 2.23. The second-order valence-corrected chi connectivity index (χ2v) is 5.73. The van der Waals surface area contributed by atoms with Gasteiger partial charge in [0.1, 0.15) is 5.65 Å². The molecular formula is C13H11N3O2S. The minimum Gasteiger partial charge on any atom is -0.306 e. The Morgan fingerprint density at radius 1 is 1.11 bits per heavy atom. The quantitative estimate of drug-likeness (QED) is 0.771. The lowest BCUT2D eigenvalue weighted by Gasteiger charge is -2.00. The summed E-state index contributed by atoms with van der Waals surface area (Å²) in [5, 5.41) is 5.13. The number of imidazole rings is 1. The van der Waals surface area contributed by atoms with Crippen molar-refractivity contribution in [2.75, 3.05) is 0 Å². The van der Waals surface area contributed by atoms with Crippen molar-refractivity contribution in [1.29, 1.82) is 0 Å². The van der Waals surface area contributed by atoms with Crippen LogP contribution in [0.1, 0.15) is 0 Å². The van der Waals surface area contributed by atoms with E-state index in [1.54, 1.807) is 12.1 Å². The first-order chi connectivity index (χ1) is 9.04. The van der Waals surface area contributed by atoms with Crippen molar-refractivity contribution in [1.82, 2.24) is 9.38 Å². The van der Waals surface area contributed by atoms with Gasteiger partial charge in [-0.1, -0.05) is 18.2 Å². The van der Waals surface area contributed by atoms with Gasteiger partial charge in [-0.2, -0.15) is 0 Å². The largest absolute Gasteiger partial charge is 0.306 e. The summed E-state index contributed by atoms with van der Waals surface area (Å²) in [6.45, 7) is 0. The highest BCUT2D eigenvalue weighted by molar-refractivity contribution is 7.89. The van der Waals surface area contributed by atoms with E-state index in [-0.39, 0.29) is 4.90 Å². The van der Waals surface area contributed by atoms with Gasteiger partial charge in [-0.05, 0) is 24.3 Å². The van der Waals surface area contributed by atoms with Crippen LogP contribution in [0.3, 0.4) is 0 Å². The van der Waals surface area contributed by atoms with Crippen LogP contribution in [0, 0.1) is 0 Å². The molecule has 0 bridgehead atoms. The molecule has 0 saturated carbocycles. The van der Waals surface area contributed by atoms with Gasteiger partial charge in [0.2, 0.25) is 10.0 Å². The Morgan fingerprint density at radius 3 is 2.68 bits per heavy atom. The zero-order valence-electron chi connectivity index (χ0n) is 9.89. The molecule has 6 heteroatoms. The maximum atomic E-state index is 11.3. The molecule has 5 nitrogen and oxygen atoms in total. The molecule has 3 rings (SSSR count). The molecule has 0 spiro atoms. The van der Waals surface area contributed by atoms with Crippen molar-refractivity contribution in [3.05, 3.63) is 54.9 Å². The molecule has 0 aliphatic carbocycles. The first kappa shape index (κ1) is 11.9. The second kappa shape index (κ2) is 4.18. The molecule has 2 N–H and O–H groups in total. The normalized spacial score (nSPS) is 11.8. The molecule has 0 radical (unpaired) electrons. The van der Waals surface area contributed by atoms with E-state index in [4.69, 9.17) is 5.14 Å². The van der Waals surface area contributed by atoms with Gasteiger partial charge in [-0.3, -0.25) is 0 Å². The van der Waals surface area contributed by atoms with Gasteiger partial charge in [0.15, 0.2) is 0 Å². The molecule has 0 aliphatic heterocycles. The monoisotopic (exact) mass is 273 g/mol. The highest BCUT2D eigenvalue weighted by atomic mass is 32.2. The third kappa shape index (κ3) is 2.23. The van der Waals surface area contributed by atoms with Crippen molar-refractivity contribution < 1.29 is 8.42 Å². The summed E-state index contributed by atoms with van der Waals surface area (Å²) in [6.07, 6.45) is 3.73. The van der Waals surface area contributed by atoms with E-state index in [1.807, 2.05) is 35.0 Å². The van der Waals surface area contributed by atoms with E-state index in [9.17, 15) is 8.42 Å². The second-order valence-electron chi connectivity index (χ2n) is 4.17. The van der Waals surface area contributed by atoms with E-state index in [0.717, 1.165) is 11.2 Å². The van der Waals surface area contributed by atoms with E-state index in [2.05, 4.69) is 4.98 Å². The fraction of sp³-hybridized carbons (Fsp3) is 0. The topological polar surface area (TPSA) is 77.5 Å². The first-order valence-electron chi connectivity index (χ1n) is 5.61. The van der Waals surface area contributed by atoms with Gasteiger partial charge in [0, 0.05) is 18.0 Å². The fourth-order valence-corrected chi connectivity index (χ4v) is 2.47. The molecule has 0 aliphatic rings. The van der Waals surface area contributed by atoms with Crippen molar-refractivity contribution in [3.8, 4) is 11.3 Å². The number of sulfonamides is 1. The van der Waals surface area contributed by atoms with Crippen LogP contribution in [0.2, 0.25) is 0 Å². The molecule has 3 aromatic rings. The standard InChI is InChI=1S/C13H11N3O2S/c14-19(17,18)11-5-3-4-10(8-11)12-9-16-7-2-1-6-13(16)15-12/h1-9H,(H2,14,17,18). The number of hydrogen-bond acceptors (Lipinski definition) is 3. The molecule has 0 fully saturated rings. The van der Waals surface area contributed by atoms with E-state index < -0.39 is 10.0 Å². The highest BCUT2D eigenvalue weighted by Gasteiger charge is 2.10. The molecule has 96 valence electrons. The fourth-order valence-electron chi connectivity index (χ4n) is 1.91. The highest BCUT2D eigenvalue weighted by Crippen LogP contribution is 2.21. The lowest BCUT2D eigenvalue weighted by atomic mass is 10.2. The van der Waals surface area contributed by atoms with Gasteiger partial charge < -0.3 is 4.40 Å². The van der Waals surface area contributed by atoms with E-state index >= 15 is 0 Å². The number of pyridine rings is 1. The van der Waals surface area contributed by atoms with Crippen LogP contribution in [-0.4, -0.2) is 17.8 Å². The van der Waals surface area contributed by atoms with Crippen LogP contribution < -0.4 is 5.14 Å². The van der Waals surface area contributed by atoms with Crippen molar-refractivity contribution in [2.45, 2.75) is 4.90 Å². The molecular weight excluding hydrogens is 262 g/mol. The van der Waals surface area contributed by atoms with Crippen LogP contribution >= 0.6 is 0 Å². The van der Waals surface area contributed by atoms with Gasteiger partial charge in [0.25, 0.3) is 0 Å². The summed E-state index contributed by atoms with van der Waals surface area (Å²) < 4.78 is 24.6. The summed E-state index contributed by atoms with van der Waals surface area (Å²) in [4.78, 5) is 4.52. The van der Waals surface area contributed by atoms with Crippen LogP contribution in [0.25, 0.3) is 16.9 Å². The van der Waals surface area contributed by atoms with Crippen molar-refractivity contribution in [3.63, 3.8) is 0 Å². The first-order valence-corrected chi connectivity index (χ1v) is 7.16. The minimum absolute atomic E-state index is 0.0852. The maximum absolute atomic E-state index is 11.3. The van der Waals surface area contributed by atoms with Gasteiger partial charge in [-0.25, -0.2) is 18.5 Å². The maximum Gasteiger partial charge on any atom is 0.238 e. The molecule has 0 atom stereocenters. The molecule has 2 aromatic heterocycles. The predicted octanol–water partition coefficient (Wildman–Crippen LogP) is 1.65. The lowest BCUT2D eigenvalue weighted by molar-refractivity contribution is 0.598. The zero-order valence-corrected chi connectivity index (χ0v) is 10.7. The average molecular weight is 273 g/mol. The van der Waals surface area contributed by atoms with E-state index in [0.29, 0.717) is 5.69 Å². The van der Waals surface area contributed by atoms with Crippen LogP contribution in [0.15, 0.2) is 59.8 Å². The smallest absolute Gasteiger partial charge is 0.238 e. The molecule has 0 amide bonds. The predicted molar refractivity (Wildman–Crippen MR) is 72.0 cm³/mol. The van der Waals surface area contributed by atoms with Crippen molar-refractivity contribution >= 4 is 15.7 Å². The minimum atomic E-state index is -3.70. The third-order valence-corrected chi connectivity index (χ3v) is 3.73. The molecule has 0 saturated heterocycles. The average Bonchev–Trinajstić information content (AvgIpc) is 2.81. The Morgan fingerprint density at radius 2 is 1.95 bits per heavy atom. The van der Waals surface area contributed by atoms with Crippen molar-refractivity contribution in [2.24, 2.45) is 5.14 Å². The Hall–Kier alpha value is -2.18. The number of nitrogens with two attached hydrogens (primary N) is 1. The number of fused-ring (bicyclic) bond motifs is 1. The van der Waals surface area contributed by atoms with Gasteiger partial charge in [0.05, 0.1) is 10.6 Å². The number of hydrogen-bond donors (Lipinski definition) is 1. The Labute approximate surface area is 110 Å². The number of aromatic nitrogens is 2. The van der Waals surface area contributed by atoms with Crippen LogP contribution in [-0.2, 0) is 10.0 Å². The third-order valence-electron chi connectivity index (χ3n) is 2.82. The van der Waals surface area contributed by atoms with E-state index in [1.165, 1.54) is 12.1 Å². The molecule has 1 aromatic carbocycles. The summed E-state index contributed by atoms with van der Waals surface area (Å²) in [5.74, 6) is 0. The van der Waals surface area contributed by atoms with Gasteiger partial charge >= 0.3 is 0 Å². The number of benzene rings is 1. The van der Waals surface area contributed by atoms with Gasteiger partial charge in [-0.15, -0.1) is 0 Å². The number of nitrogens with zero attached hydrogens (tertiary/aromatic N) is 2. The number of primary sulfonamides is 1. The zero-order chi connectivity index (χ0) is 13.5. The summed E-state index contributed by atoms with van der Waals surface area (Å²) in [6, 6.07) is 12.1. The Balaban J connectivity index is 2.16. The summed E-state index contributed by atoms with van der Waals surface area (Å²) in [7, 11) is -3.70. The summed E-state index contributed by atoms with van der Waals surface area (Å²) >= 11 is 0. The Bertz CT molecular complexity index is 820. The lowest BCUT2D eigenvalue weighted by Crippen LogP contribution is -2.11. The SMILES string of the molecule is NS(=O)(=O)c1cccc(-c2cn3ccccc3n2)c1. The molecule has 19 heavy (non-hydrogen) atoms. The Kier molecular flexibility index (Phi) is 2.62. The molecule has 0 unspecified atom stereocenters.